The molecule has 7 heteroatoms. The largest absolute Gasteiger partial charge is 0.507 e. The fraction of sp³-hybridized carbons (Fsp3) is 0.667. The molecule has 1 aromatic carbocycles. The summed E-state index contributed by atoms with van der Waals surface area (Å²) in [6, 6.07) is 3.73. The van der Waals surface area contributed by atoms with Crippen LogP contribution in [0.3, 0.4) is 0 Å². The van der Waals surface area contributed by atoms with Crippen LogP contribution in [0.2, 0.25) is 0 Å². The minimum Gasteiger partial charge on any atom is -0.507 e. The number of nitrogens with two attached hydrogens (primary N) is 3. The van der Waals surface area contributed by atoms with Gasteiger partial charge in [0.1, 0.15) is 11.9 Å². The Hall–Kier alpha value is -1.22. The van der Waals surface area contributed by atoms with Crippen molar-refractivity contribution >= 4 is 0 Å². The highest BCUT2D eigenvalue weighted by Crippen LogP contribution is 2.38. The van der Waals surface area contributed by atoms with Crippen LogP contribution in [-0.4, -0.2) is 39.7 Å². The monoisotopic (exact) mass is 357 g/mol. The molecule has 146 valence electrons. The number of aromatic hydroxyl groups is 1. The van der Waals surface area contributed by atoms with E-state index in [9.17, 15) is 5.11 Å². The standard InChI is InChI=1S/C15H27N3O.C3H8O3/c1-13(2,16)9-7-10(14(3,4)17)12(19)11(8-9)15(5,6)18;4-1-3(6)2-5/h7-8,19H,16-18H2,1-6H3;3-6H,1-2H2. The van der Waals surface area contributed by atoms with Crippen LogP contribution < -0.4 is 17.2 Å². The molecule has 0 amide bonds. The van der Waals surface area contributed by atoms with E-state index in [-0.39, 0.29) is 19.0 Å². The molecule has 1 aromatic rings. The molecule has 10 N–H and O–H groups in total. The Bertz CT molecular complexity index is 516. The van der Waals surface area contributed by atoms with Gasteiger partial charge in [0.15, 0.2) is 0 Å². The molecular formula is C18H35N3O4. The van der Waals surface area contributed by atoms with Crippen molar-refractivity contribution in [1.29, 1.82) is 0 Å². The first-order chi connectivity index (χ1) is 11.1. The van der Waals surface area contributed by atoms with E-state index in [2.05, 4.69) is 0 Å². The lowest BCUT2D eigenvalue weighted by atomic mass is 9.81. The van der Waals surface area contributed by atoms with Crippen LogP contribution in [0.25, 0.3) is 0 Å². The summed E-state index contributed by atoms with van der Waals surface area (Å²) < 4.78 is 0. The van der Waals surface area contributed by atoms with E-state index in [1.54, 1.807) is 0 Å². The van der Waals surface area contributed by atoms with E-state index in [1.807, 2.05) is 53.7 Å². The van der Waals surface area contributed by atoms with Gasteiger partial charge in [0.25, 0.3) is 0 Å². The molecular weight excluding hydrogens is 322 g/mol. The molecule has 25 heavy (non-hydrogen) atoms. The number of hydrogen-bond acceptors (Lipinski definition) is 7. The molecule has 0 spiro atoms. The molecule has 0 aromatic heterocycles. The van der Waals surface area contributed by atoms with Crippen molar-refractivity contribution in [3.05, 3.63) is 28.8 Å². The predicted molar refractivity (Wildman–Crippen MR) is 99.9 cm³/mol. The second-order valence-corrected chi connectivity index (χ2v) is 8.10. The van der Waals surface area contributed by atoms with Crippen molar-refractivity contribution in [2.45, 2.75) is 64.3 Å². The van der Waals surface area contributed by atoms with Crippen molar-refractivity contribution in [2.24, 2.45) is 17.2 Å². The highest BCUT2D eigenvalue weighted by molar-refractivity contribution is 5.50. The average Bonchev–Trinajstić information content (AvgIpc) is 2.43. The van der Waals surface area contributed by atoms with Crippen molar-refractivity contribution in [3.63, 3.8) is 0 Å². The Balaban J connectivity index is 0.000000823. The second-order valence-electron chi connectivity index (χ2n) is 8.10. The molecule has 7 nitrogen and oxygen atoms in total. The molecule has 0 radical (unpaired) electrons. The van der Waals surface area contributed by atoms with Gasteiger partial charge in [0.05, 0.1) is 13.2 Å². The first kappa shape index (κ1) is 23.8. The highest BCUT2D eigenvalue weighted by Gasteiger charge is 2.29. The maximum absolute atomic E-state index is 10.4. The van der Waals surface area contributed by atoms with Crippen LogP contribution >= 0.6 is 0 Å². The highest BCUT2D eigenvalue weighted by atomic mass is 16.3. The molecule has 0 aliphatic rings. The molecule has 0 bridgehead atoms. The van der Waals surface area contributed by atoms with Crippen molar-refractivity contribution in [2.75, 3.05) is 13.2 Å². The number of aliphatic hydroxyl groups excluding tert-OH is 3. The third-order valence-electron chi connectivity index (χ3n) is 3.66. The average molecular weight is 357 g/mol. The van der Waals surface area contributed by atoms with Crippen molar-refractivity contribution < 1.29 is 20.4 Å². The van der Waals surface area contributed by atoms with E-state index < -0.39 is 22.7 Å². The first-order valence-corrected chi connectivity index (χ1v) is 8.20. The van der Waals surface area contributed by atoms with Gasteiger partial charge in [-0.15, -0.1) is 0 Å². The smallest absolute Gasteiger partial charge is 0.125 e. The summed E-state index contributed by atoms with van der Waals surface area (Å²) in [6.45, 7) is 10.5. The van der Waals surface area contributed by atoms with E-state index in [4.69, 9.17) is 32.5 Å². The Kier molecular flexibility index (Phi) is 8.03. The molecule has 0 aliphatic carbocycles. The number of phenolic OH excluding ortho intramolecular Hbond substituents is 1. The maximum Gasteiger partial charge on any atom is 0.125 e. The predicted octanol–water partition coefficient (Wildman–Crippen LogP) is 0.306. The Labute approximate surface area is 150 Å². The van der Waals surface area contributed by atoms with Gasteiger partial charge in [0, 0.05) is 27.7 Å². The minimum atomic E-state index is -0.954. The van der Waals surface area contributed by atoms with Crippen LogP contribution in [-0.2, 0) is 16.6 Å². The van der Waals surface area contributed by atoms with Gasteiger partial charge in [-0.25, -0.2) is 0 Å². The molecule has 0 aliphatic heterocycles. The lowest BCUT2D eigenvalue weighted by Crippen LogP contribution is -2.35. The topological polar surface area (TPSA) is 159 Å². The second kappa shape index (κ2) is 8.44. The van der Waals surface area contributed by atoms with Crippen LogP contribution in [0.4, 0.5) is 0 Å². The number of hydrogen-bond donors (Lipinski definition) is 7. The SMILES string of the molecule is CC(C)(N)c1cc(C(C)(C)N)c(O)c(C(C)(C)N)c1.OCC(O)CO. The summed E-state index contributed by atoms with van der Waals surface area (Å²) in [5.74, 6) is 0.160. The molecule has 0 saturated carbocycles. The fourth-order valence-corrected chi connectivity index (χ4v) is 2.05. The lowest BCUT2D eigenvalue weighted by molar-refractivity contribution is 0.0450. The molecule has 0 saturated heterocycles. The van der Waals surface area contributed by atoms with E-state index in [0.29, 0.717) is 11.1 Å². The molecule has 0 heterocycles. The summed E-state index contributed by atoms with van der Waals surface area (Å²) in [6.07, 6.45) is -0.954. The summed E-state index contributed by atoms with van der Waals surface area (Å²) in [5.41, 5.74) is 18.8. The normalized spacial score (nSPS) is 12.8. The first-order valence-electron chi connectivity index (χ1n) is 8.20. The van der Waals surface area contributed by atoms with Gasteiger partial charge in [-0.05, 0) is 59.2 Å². The Morgan fingerprint density at radius 1 is 0.800 bits per heavy atom. The van der Waals surface area contributed by atoms with Gasteiger partial charge in [0.2, 0.25) is 0 Å². The molecule has 0 unspecified atom stereocenters. The van der Waals surface area contributed by atoms with Gasteiger partial charge in [-0.2, -0.15) is 0 Å². The Morgan fingerprint density at radius 3 is 1.28 bits per heavy atom. The molecule has 0 atom stereocenters. The van der Waals surface area contributed by atoms with E-state index in [1.165, 1.54) is 0 Å². The zero-order chi connectivity index (χ0) is 20.2. The third kappa shape index (κ3) is 7.27. The zero-order valence-corrected chi connectivity index (χ0v) is 16.2. The van der Waals surface area contributed by atoms with Gasteiger partial charge >= 0.3 is 0 Å². The van der Waals surface area contributed by atoms with Crippen molar-refractivity contribution in [3.8, 4) is 5.75 Å². The van der Waals surface area contributed by atoms with Gasteiger partial charge in [-0.3, -0.25) is 0 Å². The summed E-state index contributed by atoms with van der Waals surface area (Å²) in [5, 5.41) is 34.5. The van der Waals surface area contributed by atoms with Crippen LogP contribution in [0, 0.1) is 0 Å². The number of benzene rings is 1. The minimum absolute atomic E-state index is 0.160. The summed E-state index contributed by atoms with van der Waals surface area (Å²) in [4.78, 5) is 0. The lowest BCUT2D eigenvalue weighted by Gasteiger charge is -2.30. The van der Waals surface area contributed by atoms with Crippen LogP contribution in [0.15, 0.2) is 12.1 Å². The Morgan fingerprint density at radius 2 is 1.12 bits per heavy atom. The van der Waals surface area contributed by atoms with Crippen LogP contribution in [0.1, 0.15) is 58.2 Å². The van der Waals surface area contributed by atoms with E-state index >= 15 is 0 Å². The number of rotatable bonds is 5. The maximum atomic E-state index is 10.4. The summed E-state index contributed by atoms with van der Waals surface area (Å²) in [7, 11) is 0. The summed E-state index contributed by atoms with van der Waals surface area (Å²) >= 11 is 0. The molecule has 0 fully saturated rings. The third-order valence-corrected chi connectivity index (χ3v) is 3.66. The van der Waals surface area contributed by atoms with E-state index in [0.717, 1.165) is 5.56 Å². The van der Waals surface area contributed by atoms with Gasteiger partial charge < -0.3 is 37.6 Å². The van der Waals surface area contributed by atoms with Crippen molar-refractivity contribution in [1.82, 2.24) is 0 Å². The van der Waals surface area contributed by atoms with Crippen LogP contribution in [0.5, 0.6) is 5.75 Å². The fourth-order valence-electron chi connectivity index (χ4n) is 2.05. The van der Waals surface area contributed by atoms with Gasteiger partial charge in [-0.1, -0.05) is 0 Å². The quantitative estimate of drug-likeness (QED) is 0.399. The zero-order valence-electron chi connectivity index (χ0n) is 16.2. The number of phenols is 1. The number of aliphatic hydroxyl groups is 3. The molecule has 1 rings (SSSR count).